The molecular formula is C13H23N3. The minimum Gasteiger partial charge on any atom is -0.311 e. The third-order valence-corrected chi connectivity index (χ3v) is 3.79. The fourth-order valence-corrected chi connectivity index (χ4v) is 2.68. The van der Waals surface area contributed by atoms with Gasteiger partial charge >= 0.3 is 0 Å². The fourth-order valence-electron chi connectivity index (χ4n) is 2.68. The molecule has 1 saturated heterocycles. The Morgan fingerprint density at radius 1 is 1.31 bits per heavy atom. The summed E-state index contributed by atoms with van der Waals surface area (Å²) in [5.41, 5.74) is 0. The van der Waals surface area contributed by atoms with E-state index in [1.54, 1.807) is 0 Å². The molecule has 1 aliphatic carbocycles. The molecule has 1 atom stereocenters. The van der Waals surface area contributed by atoms with Gasteiger partial charge in [0.05, 0.1) is 12.6 Å². The van der Waals surface area contributed by atoms with Gasteiger partial charge < -0.3 is 5.32 Å². The highest BCUT2D eigenvalue weighted by molar-refractivity contribution is 4.85. The van der Waals surface area contributed by atoms with E-state index in [1.807, 2.05) is 0 Å². The van der Waals surface area contributed by atoms with Gasteiger partial charge in [0.15, 0.2) is 0 Å². The minimum atomic E-state index is 0.602. The zero-order valence-electron chi connectivity index (χ0n) is 10.3. The van der Waals surface area contributed by atoms with Crippen LogP contribution in [0.15, 0.2) is 0 Å². The Morgan fingerprint density at radius 2 is 2.00 bits per heavy atom. The van der Waals surface area contributed by atoms with Gasteiger partial charge in [0.25, 0.3) is 0 Å². The summed E-state index contributed by atoms with van der Waals surface area (Å²) in [6.07, 6.45) is 6.67. The molecule has 0 radical (unpaired) electrons. The van der Waals surface area contributed by atoms with Crippen molar-refractivity contribution in [2.24, 2.45) is 5.92 Å². The van der Waals surface area contributed by atoms with Crippen LogP contribution in [0.2, 0.25) is 0 Å². The molecule has 0 aromatic heterocycles. The van der Waals surface area contributed by atoms with Crippen molar-refractivity contribution in [2.45, 2.75) is 51.1 Å². The van der Waals surface area contributed by atoms with Crippen molar-refractivity contribution in [3.8, 4) is 6.07 Å². The van der Waals surface area contributed by atoms with Gasteiger partial charge in [-0.15, -0.1) is 0 Å². The Kier molecular flexibility index (Phi) is 4.20. The lowest BCUT2D eigenvalue weighted by Gasteiger charge is -2.32. The van der Waals surface area contributed by atoms with Crippen LogP contribution in [0, 0.1) is 17.2 Å². The van der Waals surface area contributed by atoms with E-state index >= 15 is 0 Å². The molecule has 0 aromatic rings. The maximum absolute atomic E-state index is 8.63. The second-order valence-electron chi connectivity index (χ2n) is 5.46. The molecule has 0 aromatic carbocycles. The number of piperidine rings is 1. The molecule has 2 fully saturated rings. The predicted octanol–water partition coefficient (Wildman–Crippen LogP) is 1.75. The first-order valence-corrected chi connectivity index (χ1v) is 6.63. The van der Waals surface area contributed by atoms with Gasteiger partial charge in [-0.1, -0.05) is 12.8 Å². The predicted molar refractivity (Wildman–Crippen MR) is 65.0 cm³/mol. The van der Waals surface area contributed by atoms with E-state index in [4.69, 9.17) is 5.26 Å². The lowest BCUT2D eigenvalue weighted by molar-refractivity contribution is 0.208. The van der Waals surface area contributed by atoms with Gasteiger partial charge in [-0.05, 0) is 32.1 Å². The third kappa shape index (κ3) is 3.77. The van der Waals surface area contributed by atoms with E-state index in [2.05, 4.69) is 23.2 Å². The Labute approximate surface area is 98.8 Å². The van der Waals surface area contributed by atoms with Crippen LogP contribution in [0.1, 0.15) is 39.0 Å². The maximum atomic E-state index is 8.63. The van der Waals surface area contributed by atoms with Crippen molar-refractivity contribution < 1.29 is 0 Å². The highest BCUT2D eigenvalue weighted by Gasteiger charge is 2.25. The van der Waals surface area contributed by atoms with Crippen LogP contribution in [-0.2, 0) is 0 Å². The summed E-state index contributed by atoms with van der Waals surface area (Å²) in [5.74, 6) is 1.01. The lowest BCUT2D eigenvalue weighted by atomic mass is 10.0. The van der Waals surface area contributed by atoms with Crippen LogP contribution < -0.4 is 5.32 Å². The van der Waals surface area contributed by atoms with Crippen LogP contribution in [0.3, 0.4) is 0 Å². The average Bonchev–Trinajstić information content (AvgIpc) is 3.05. The van der Waals surface area contributed by atoms with Crippen LogP contribution in [0.4, 0.5) is 0 Å². The van der Waals surface area contributed by atoms with Crippen LogP contribution in [0.5, 0.6) is 0 Å². The molecule has 3 heteroatoms. The van der Waals surface area contributed by atoms with Crippen molar-refractivity contribution in [1.82, 2.24) is 10.2 Å². The summed E-state index contributed by atoms with van der Waals surface area (Å²) in [5, 5.41) is 12.4. The van der Waals surface area contributed by atoms with Crippen molar-refractivity contribution in [2.75, 3.05) is 19.6 Å². The number of hydrogen-bond donors (Lipinski definition) is 1. The van der Waals surface area contributed by atoms with Gasteiger partial charge in [0.2, 0.25) is 0 Å². The maximum Gasteiger partial charge on any atom is 0.0866 e. The lowest BCUT2D eigenvalue weighted by Crippen LogP contribution is -2.45. The van der Waals surface area contributed by atoms with Gasteiger partial charge in [0.1, 0.15) is 0 Å². The normalized spacial score (nSPS) is 25.2. The molecule has 0 spiro atoms. The number of nitriles is 1. The number of hydrogen-bond acceptors (Lipinski definition) is 3. The molecule has 3 nitrogen and oxygen atoms in total. The summed E-state index contributed by atoms with van der Waals surface area (Å²) in [6.45, 7) is 5.09. The molecule has 1 unspecified atom stereocenters. The fraction of sp³-hybridized carbons (Fsp3) is 0.923. The Bertz CT molecular complexity index is 246. The first kappa shape index (κ1) is 11.9. The highest BCUT2D eigenvalue weighted by atomic mass is 15.1. The molecule has 1 N–H and O–H groups in total. The molecule has 1 saturated carbocycles. The minimum absolute atomic E-state index is 0.602. The van der Waals surface area contributed by atoms with E-state index in [-0.39, 0.29) is 0 Å². The molecule has 1 aliphatic heterocycles. The second-order valence-corrected chi connectivity index (χ2v) is 5.46. The SMILES string of the molecule is CC(CC1CC1)NC1CCN(CC#N)CC1. The average molecular weight is 221 g/mol. The number of likely N-dealkylation sites (tertiary alicyclic amines) is 1. The van der Waals surface area contributed by atoms with Gasteiger partial charge in [-0.3, -0.25) is 4.90 Å². The van der Waals surface area contributed by atoms with E-state index in [0.717, 1.165) is 19.0 Å². The number of nitrogens with zero attached hydrogens (tertiary/aromatic N) is 2. The molecule has 90 valence electrons. The van der Waals surface area contributed by atoms with Crippen molar-refractivity contribution >= 4 is 0 Å². The summed E-state index contributed by atoms with van der Waals surface area (Å²) in [4.78, 5) is 2.25. The van der Waals surface area contributed by atoms with Crippen molar-refractivity contribution in [3.63, 3.8) is 0 Å². The second kappa shape index (κ2) is 5.65. The third-order valence-electron chi connectivity index (χ3n) is 3.79. The first-order valence-electron chi connectivity index (χ1n) is 6.63. The van der Waals surface area contributed by atoms with Gasteiger partial charge in [0, 0.05) is 25.2 Å². The van der Waals surface area contributed by atoms with Gasteiger partial charge in [-0.25, -0.2) is 0 Å². The zero-order chi connectivity index (χ0) is 11.4. The van der Waals surface area contributed by atoms with Gasteiger partial charge in [-0.2, -0.15) is 5.26 Å². The molecule has 2 aliphatic rings. The Hall–Kier alpha value is -0.590. The Balaban J connectivity index is 1.62. The molecule has 0 amide bonds. The topological polar surface area (TPSA) is 39.1 Å². The van der Waals surface area contributed by atoms with Crippen molar-refractivity contribution in [3.05, 3.63) is 0 Å². The van der Waals surface area contributed by atoms with E-state index in [0.29, 0.717) is 18.6 Å². The van der Waals surface area contributed by atoms with Crippen LogP contribution in [0.25, 0.3) is 0 Å². The zero-order valence-corrected chi connectivity index (χ0v) is 10.3. The molecule has 2 rings (SSSR count). The number of nitrogens with one attached hydrogen (secondary N) is 1. The summed E-state index contributed by atoms with van der Waals surface area (Å²) >= 11 is 0. The highest BCUT2D eigenvalue weighted by Crippen LogP contribution is 2.33. The van der Waals surface area contributed by atoms with E-state index in [9.17, 15) is 0 Å². The Morgan fingerprint density at radius 3 is 2.56 bits per heavy atom. The summed E-state index contributed by atoms with van der Waals surface area (Å²) in [6, 6.07) is 3.60. The van der Waals surface area contributed by atoms with E-state index in [1.165, 1.54) is 32.1 Å². The monoisotopic (exact) mass is 221 g/mol. The summed E-state index contributed by atoms with van der Waals surface area (Å²) < 4.78 is 0. The van der Waals surface area contributed by atoms with Crippen LogP contribution >= 0.6 is 0 Å². The summed E-state index contributed by atoms with van der Waals surface area (Å²) in [7, 11) is 0. The largest absolute Gasteiger partial charge is 0.311 e. The molecule has 1 heterocycles. The smallest absolute Gasteiger partial charge is 0.0866 e. The van der Waals surface area contributed by atoms with Crippen LogP contribution in [-0.4, -0.2) is 36.6 Å². The molecular weight excluding hydrogens is 198 g/mol. The first-order chi connectivity index (χ1) is 7.78. The number of rotatable bonds is 5. The quantitative estimate of drug-likeness (QED) is 0.719. The molecule has 0 bridgehead atoms. The molecule has 16 heavy (non-hydrogen) atoms. The standard InChI is InChI=1S/C13H23N3/c1-11(10-12-2-3-12)15-13-4-7-16(8-5-13)9-6-14/h11-13,15H,2-5,7-10H2,1H3. The van der Waals surface area contributed by atoms with E-state index < -0.39 is 0 Å². The van der Waals surface area contributed by atoms with Crippen molar-refractivity contribution in [1.29, 1.82) is 5.26 Å².